The molecule has 0 aliphatic carbocycles. The Morgan fingerprint density at radius 3 is 2.92 bits per heavy atom. The molecular weight excluding hydrogens is 214 g/mol. The van der Waals surface area contributed by atoms with Gasteiger partial charge in [0, 0.05) is 17.7 Å². The Morgan fingerprint density at radius 1 is 1.58 bits per heavy atom. The first-order chi connectivity index (χ1) is 5.74. The molecule has 0 spiro atoms. The van der Waals surface area contributed by atoms with E-state index in [4.69, 9.17) is 0 Å². The van der Waals surface area contributed by atoms with Gasteiger partial charge in [-0.3, -0.25) is 4.98 Å². The molecule has 1 nitrogen and oxygen atoms in total. The molecule has 1 atom stereocenters. The summed E-state index contributed by atoms with van der Waals surface area (Å²) in [6, 6.07) is 2.07. The summed E-state index contributed by atoms with van der Waals surface area (Å²) in [5.41, 5.74) is 2.71. The zero-order valence-corrected chi connectivity index (χ0v) is 9.13. The van der Waals surface area contributed by atoms with Crippen molar-refractivity contribution in [3.05, 3.63) is 29.6 Å². The minimum atomic E-state index is 0.688. The molecule has 0 amide bonds. The molecule has 2 heteroatoms. The van der Waals surface area contributed by atoms with Crippen molar-refractivity contribution in [1.82, 2.24) is 4.98 Å². The lowest BCUT2D eigenvalue weighted by atomic mass is 10.0. The summed E-state index contributed by atoms with van der Waals surface area (Å²) in [4.78, 5) is 4.12. The van der Waals surface area contributed by atoms with Crippen molar-refractivity contribution >= 4 is 15.9 Å². The zero-order valence-electron chi connectivity index (χ0n) is 7.55. The Labute approximate surface area is 82.3 Å². The Balaban J connectivity index is 2.69. The van der Waals surface area contributed by atoms with Crippen LogP contribution in [-0.2, 0) is 6.42 Å². The summed E-state index contributed by atoms with van der Waals surface area (Å²) in [5.74, 6) is 0.688. The van der Waals surface area contributed by atoms with Gasteiger partial charge in [0.2, 0.25) is 0 Å². The first kappa shape index (κ1) is 9.72. The van der Waals surface area contributed by atoms with Crippen LogP contribution < -0.4 is 0 Å². The van der Waals surface area contributed by atoms with Crippen molar-refractivity contribution in [3.63, 3.8) is 0 Å². The van der Waals surface area contributed by atoms with Gasteiger partial charge in [-0.25, -0.2) is 0 Å². The van der Waals surface area contributed by atoms with Crippen molar-refractivity contribution in [2.75, 3.05) is 5.33 Å². The summed E-state index contributed by atoms with van der Waals surface area (Å²) in [6.07, 6.45) is 4.93. The predicted octanol–water partition coefficient (Wildman–Crippen LogP) is 2.96. The molecule has 0 aromatic carbocycles. The molecule has 0 radical (unpaired) electrons. The molecule has 0 saturated carbocycles. The highest BCUT2D eigenvalue weighted by Gasteiger charge is 2.03. The molecule has 1 aromatic heterocycles. The maximum Gasteiger partial charge on any atom is 0.0302 e. The van der Waals surface area contributed by atoms with E-state index in [9.17, 15) is 0 Å². The van der Waals surface area contributed by atoms with E-state index < -0.39 is 0 Å². The Hall–Kier alpha value is -0.370. The molecule has 0 aliphatic rings. The van der Waals surface area contributed by atoms with Crippen LogP contribution in [0.25, 0.3) is 0 Å². The predicted molar refractivity (Wildman–Crippen MR) is 55.6 cm³/mol. The van der Waals surface area contributed by atoms with Crippen LogP contribution in [-0.4, -0.2) is 10.3 Å². The first-order valence-electron chi connectivity index (χ1n) is 4.19. The summed E-state index contributed by atoms with van der Waals surface area (Å²) in [6.45, 7) is 4.37. The van der Waals surface area contributed by atoms with E-state index in [0.717, 1.165) is 11.8 Å². The highest BCUT2D eigenvalue weighted by atomic mass is 79.9. The first-order valence-corrected chi connectivity index (χ1v) is 5.31. The number of alkyl halides is 1. The molecule has 0 saturated heterocycles. The number of hydrogen-bond acceptors (Lipinski definition) is 1. The van der Waals surface area contributed by atoms with Crippen LogP contribution in [0.3, 0.4) is 0 Å². The number of nitrogens with zero attached hydrogens (tertiary/aromatic N) is 1. The van der Waals surface area contributed by atoms with E-state index in [2.05, 4.69) is 40.8 Å². The summed E-state index contributed by atoms with van der Waals surface area (Å²) >= 11 is 3.48. The van der Waals surface area contributed by atoms with E-state index in [1.165, 1.54) is 11.1 Å². The number of halogens is 1. The SMILES string of the molecule is Cc1ccncc1CC(C)CBr. The summed E-state index contributed by atoms with van der Waals surface area (Å²) < 4.78 is 0. The normalized spacial score (nSPS) is 12.9. The van der Waals surface area contributed by atoms with E-state index >= 15 is 0 Å². The van der Waals surface area contributed by atoms with Crippen LogP contribution in [0, 0.1) is 12.8 Å². The molecule has 66 valence electrons. The van der Waals surface area contributed by atoms with Gasteiger partial charge in [-0.2, -0.15) is 0 Å². The maximum absolute atomic E-state index is 4.12. The van der Waals surface area contributed by atoms with Crippen LogP contribution in [0.4, 0.5) is 0 Å². The third kappa shape index (κ3) is 2.59. The van der Waals surface area contributed by atoms with Gasteiger partial charge in [0.25, 0.3) is 0 Å². The second-order valence-electron chi connectivity index (χ2n) is 3.27. The summed E-state index contributed by atoms with van der Waals surface area (Å²) in [7, 11) is 0. The fraction of sp³-hybridized carbons (Fsp3) is 0.500. The molecule has 0 aliphatic heterocycles. The molecule has 0 N–H and O–H groups in total. The number of rotatable bonds is 3. The van der Waals surface area contributed by atoms with Crippen LogP contribution in [0.1, 0.15) is 18.1 Å². The summed E-state index contributed by atoms with van der Waals surface area (Å²) in [5, 5.41) is 1.06. The molecule has 1 unspecified atom stereocenters. The smallest absolute Gasteiger partial charge is 0.0302 e. The molecule has 1 heterocycles. The van der Waals surface area contributed by atoms with Crippen molar-refractivity contribution in [2.45, 2.75) is 20.3 Å². The molecule has 1 aromatic rings. The number of aromatic nitrogens is 1. The van der Waals surface area contributed by atoms with Crippen molar-refractivity contribution in [2.24, 2.45) is 5.92 Å². The van der Waals surface area contributed by atoms with E-state index in [-0.39, 0.29) is 0 Å². The number of pyridine rings is 1. The van der Waals surface area contributed by atoms with Crippen LogP contribution in [0.15, 0.2) is 18.5 Å². The van der Waals surface area contributed by atoms with E-state index in [1.54, 1.807) is 0 Å². The molecule has 0 bridgehead atoms. The molecule has 1 rings (SSSR count). The third-order valence-corrected chi connectivity index (χ3v) is 3.08. The Morgan fingerprint density at radius 2 is 2.33 bits per heavy atom. The fourth-order valence-electron chi connectivity index (χ4n) is 1.14. The highest BCUT2D eigenvalue weighted by molar-refractivity contribution is 9.09. The van der Waals surface area contributed by atoms with Crippen LogP contribution in [0.2, 0.25) is 0 Å². The average molecular weight is 228 g/mol. The van der Waals surface area contributed by atoms with Crippen molar-refractivity contribution < 1.29 is 0 Å². The molecular formula is C10H14BrN. The van der Waals surface area contributed by atoms with Gasteiger partial charge in [-0.1, -0.05) is 22.9 Å². The second kappa shape index (κ2) is 4.61. The lowest BCUT2D eigenvalue weighted by molar-refractivity contribution is 0.659. The van der Waals surface area contributed by atoms with Crippen LogP contribution >= 0.6 is 15.9 Å². The van der Waals surface area contributed by atoms with Gasteiger partial charge in [0.15, 0.2) is 0 Å². The van der Waals surface area contributed by atoms with Gasteiger partial charge in [0.1, 0.15) is 0 Å². The van der Waals surface area contributed by atoms with Crippen LogP contribution in [0.5, 0.6) is 0 Å². The quantitative estimate of drug-likeness (QED) is 0.725. The monoisotopic (exact) mass is 227 g/mol. The average Bonchev–Trinajstić information content (AvgIpc) is 2.09. The lowest BCUT2D eigenvalue weighted by Gasteiger charge is -2.08. The Bertz CT molecular complexity index is 247. The van der Waals surface area contributed by atoms with Gasteiger partial charge in [-0.15, -0.1) is 0 Å². The van der Waals surface area contributed by atoms with Crippen molar-refractivity contribution in [3.8, 4) is 0 Å². The largest absolute Gasteiger partial charge is 0.264 e. The maximum atomic E-state index is 4.12. The van der Waals surface area contributed by atoms with Gasteiger partial charge in [-0.05, 0) is 36.5 Å². The lowest BCUT2D eigenvalue weighted by Crippen LogP contribution is -2.02. The fourth-order valence-corrected chi connectivity index (χ4v) is 1.37. The second-order valence-corrected chi connectivity index (χ2v) is 3.91. The Kier molecular flexibility index (Phi) is 3.73. The number of hydrogen-bond donors (Lipinski definition) is 0. The standard InChI is InChI=1S/C10H14BrN/c1-8(6-11)5-10-7-12-4-3-9(10)2/h3-4,7-8H,5-6H2,1-2H3. The minimum Gasteiger partial charge on any atom is -0.264 e. The molecule has 0 fully saturated rings. The molecule has 12 heavy (non-hydrogen) atoms. The van der Waals surface area contributed by atoms with Gasteiger partial charge < -0.3 is 0 Å². The van der Waals surface area contributed by atoms with Gasteiger partial charge >= 0.3 is 0 Å². The highest BCUT2D eigenvalue weighted by Crippen LogP contribution is 2.12. The zero-order chi connectivity index (χ0) is 8.97. The van der Waals surface area contributed by atoms with Crippen molar-refractivity contribution in [1.29, 1.82) is 0 Å². The minimum absolute atomic E-state index is 0.688. The van der Waals surface area contributed by atoms with E-state index in [1.807, 2.05) is 12.4 Å². The topological polar surface area (TPSA) is 12.9 Å². The van der Waals surface area contributed by atoms with Gasteiger partial charge in [0.05, 0.1) is 0 Å². The third-order valence-electron chi connectivity index (χ3n) is 1.98. The van der Waals surface area contributed by atoms with E-state index in [0.29, 0.717) is 5.92 Å². The number of aryl methyl sites for hydroxylation is 1.